The van der Waals surface area contributed by atoms with Gasteiger partial charge in [-0.15, -0.1) is 0 Å². The Kier molecular flexibility index (Phi) is 4.99. The quantitative estimate of drug-likeness (QED) is 0.768. The number of amides is 1. The summed E-state index contributed by atoms with van der Waals surface area (Å²) < 4.78 is 1.88. The Balaban J connectivity index is 1.56. The minimum atomic E-state index is -0.330. The Bertz CT molecular complexity index is 999. The Morgan fingerprint density at radius 2 is 1.93 bits per heavy atom. The molecule has 6 heteroatoms. The molecule has 2 aromatic rings. The van der Waals surface area contributed by atoms with E-state index in [1.54, 1.807) is 0 Å². The van der Waals surface area contributed by atoms with Gasteiger partial charge in [-0.05, 0) is 43.4 Å². The van der Waals surface area contributed by atoms with Crippen LogP contribution in [0.2, 0.25) is 0 Å². The molecule has 1 saturated heterocycles. The number of carbonyl (C=O) groups excluding carboxylic acids is 1. The lowest BCUT2D eigenvalue weighted by molar-refractivity contribution is -0.127. The third-order valence-electron chi connectivity index (χ3n) is 7.06. The third kappa shape index (κ3) is 3.10. The molecule has 4 atom stereocenters. The highest BCUT2D eigenvalue weighted by Crippen LogP contribution is 2.50. The Morgan fingerprint density at radius 3 is 2.60 bits per heavy atom. The maximum atomic E-state index is 13.3. The Morgan fingerprint density at radius 1 is 1.17 bits per heavy atom. The molecule has 1 saturated carbocycles. The molecule has 2 N–H and O–H groups in total. The van der Waals surface area contributed by atoms with Gasteiger partial charge in [-0.1, -0.05) is 30.3 Å². The van der Waals surface area contributed by atoms with Gasteiger partial charge in [0.05, 0.1) is 12.1 Å². The van der Waals surface area contributed by atoms with Gasteiger partial charge in [0.1, 0.15) is 0 Å². The number of nitrogens with one attached hydrogen (secondary N) is 1. The van der Waals surface area contributed by atoms with E-state index < -0.39 is 0 Å². The molecule has 5 rings (SSSR count). The Labute approximate surface area is 176 Å². The summed E-state index contributed by atoms with van der Waals surface area (Å²) in [5, 5.41) is 13.2. The van der Waals surface area contributed by atoms with E-state index in [4.69, 9.17) is 0 Å². The van der Waals surface area contributed by atoms with Crippen LogP contribution in [0.15, 0.2) is 47.3 Å². The molecule has 0 spiro atoms. The molecular weight excluding hydrogens is 378 g/mol. The standard InChI is InChI=1S/C24H29N3O3/c1-2-25-23(29)22-19(14-28)18-13-26-20(21(18)27(22)12-15-8-9-15)11-10-17(24(26)30)16-6-4-3-5-7-16/h3-7,10-11,15,18-19,21-22,28H,2,8-9,12-14H2,1H3,(H,25,29)/t18-,19-,21+,22-/m1/s1. The molecule has 0 bridgehead atoms. The number of aromatic nitrogens is 1. The minimum absolute atomic E-state index is 0.00130. The minimum Gasteiger partial charge on any atom is -0.396 e. The zero-order valence-electron chi connectivity index (χ0n) is 17.3. The van der Waals surface area contributed by atoms with Crippen molar-refractivity contribution in [3.63, 3.8) is 0 Å². The van der Waals surface area contributed by atoms with Crippen LogP contribution in [-0.4, -0.2) is 46.2 Å². The van der Waals surface area contributed by atoms with Crippen LogP contribution in [0.25, 0.3) is 11.1 Å². The number of pyridine rings is 1. The van der Waals surface area contributed by atoms with Crippen LogP contribution in [0.3, 0.4) is 0 Å². The summed E-state index contributed by atoms with van der Waals surface area (Å²) in [5.41, 5.74) is 2.62. The second-order valence-electron chi connectivity index (χ2n) is 8.89. The highest BCUT2D eigenvalue weighted by Gasteiger charge is 2.56. The van der Waals surface area contributed by atoms with E-state index in [1.807, 2.05) is 47.9 Å². The van der Waals surface area contributed by atoms with Crippen LogP contribution in [0.4, 0.5) is 0 Å². The highest BCUT2D eigenvalue weighted by molar-refractivity contribution is 5.82. The predicted octanol–water partition coefficient (Wildman–Crippen LogP) is 2.02. The van der Waals surface area contributed by atoms with Crippen molar-refractivity contribution in [3.05, 3.63) is 58.5 Å². The van der Waals surface area contributed by atoms with Crippen LogP contribution in [0.1, 0.15) is 31.5 Å². The van der Waals surface area contributed by atoms with E-state index >= 15 is 0 Å². The summed E-state index contributed by atoms with van der Waals surface area (Å²) in [6, 6.07) is 13.4. The molecule has 6 nitrogen and oxygen atoms in total. The lowest BCUT2D eigenvalue weighted by Crippen LogP contribution is -2.48. The molecule has 2 fully saturated rings. The largest absolute Gasteiger partial charge is 0.396 e. The summed E-state index contributed by atoms with van der Waals surface area (Å²) in [6.45, 7) is 3.87. The number of hydrogen-bond acceptors (Lipinski definition) is 4. The monoisotopic (exact) mass is 407 g/mol. The van der Waals surface area contributed by atoms with Gasteiger partial charge in [-0.2, -0.15) is 0 Å². The number of benzene rings is 1. The number of carbonyl (C=O) groups is 1. The van der Waals surface area contributed by atoms with E-state index in [2.05, 4.69) is 16.3 Å². The summed E-state index contributed by atoms with van der Waals surface area (Å²) in [6.07, 6.45) is 2.39. The lowest BCUT2D eigenvalue weighted by atomic mass is 9.88. The van der Waals surface area contributed by atoms with Crippen LogP contribution in [-0.2, 0) is 11.3 Å². The van der Waals surface area contributed by atoms with E-state index in [0.29, 0.717) is 24.6 Å². The van der Waals surface area contributed by atoms with Crippen molar-refractivity contribution in [1.82, 2.24) is 14.8 Å². The van der Waals surface area contributed by atoms with Gasteiger partial charge in [0, 0.05) is 49.3 Å². The van der Waals surface area contributed by atoms with Gasteiger partial charge in [-0.25, -0.2) is 0 Å². The van der Waals surface area contributed by atoms with Gasteiger partial charge in [0.2, 0.25) is 5.91 Å². The average Bonchev–Trinajstić information content (AvgIpc) is 3.41. The molecule has 3 heterocycles. The van der Waals surface area contributed by atoms with Gasteiger partial charge in [0.25, 0.3) is 5.56 Å². The Hall–Kier alpha value is -2.44. The summed E-state index contributed by atoms with van der Waals surface area (Å²) >= 11 is 0. The predicted molar refractivity (Wildman–Crippen MR) is 115 cm³/mol. The smallest absolute Gasteiger partial charge is 0.258 e. The van der Waals surface area contributed by atoms with Gasteiger partial charge < -0.3 is 15.0 Å². The number of likely N-dealkylation sites (tertiary alicyclic amines) is 1. The van der Waals surface area contributed by atoms with Gasteiger partial charge in [0.15, 0.2) is 0 Å². The van der Waals surface area contributed by atoms with Crippen molar-refractivity contribution >= 4 is 5.91 Å². The first-order valence-corrected chi connectivity index (χ1v) is 11.1. The normalized spacial score (nSPS) is 27.7. The van der Waals surface area contributed by atoms with Crippen LogP contribution in [0, 0.1) is 17.8 Å². The van der Waals surface area contributed by atoms with Crippen molar-refractivity contribution in [3.8, 4) is 11.1 Å². The molecule has 0 radical (unpaired) electrons. The number of hydrogen-bond donors (Lipinski definition) is 2. The van der Waals surface area contributed by atoms with Crippen molar-refractivity contribution < 1.29 is 9.90 Å². The number of aliphatic hydroxyl groups is 1. The molecule has 2 aliphatic heterocycles. The highest BCUT2D eigenvalue weighted by atomic mass is 16.3. The molecule has 1 aromatic heterocycles. The molecule has 1 aromatic carbocycles. The first-order valence-electron chi connectivity index (χ1n) is 11.1. The first-order chi connectivity index (χ1) is 14.6. The topological polar surface area (TPSA) is 74.6 Å². The number of likely N-dealkylation sites (N-methyl/N-ethyl adjacent to an activating group) is 1. The molecule has 1 aliphatic carbocycles. The molecule has 158 valence electrons. The van der Waals surface area contributed by atoms with Crippen molar-refractivity contribution in [1.29, 1.82) is 0 Å². The zero-order chi connectivity index (χ0) is 20.8. The number of fused-ring (bicyclic) bond motifs is 3. The maximum absolute atomic E-state index is 13.3. The van der Waals surface area contributed by atoms with Crippen LogP contribution >= 0.6 is 0 Å². The van der Waals surface area contributed by atoms with Crippen molar-refractivity contribution in [2.75, 3.05) is 19.7 Å². The number of nitrogens with zero attached hydrogens (tertiary/aromatic N) is 2. The van der Waals surface area contributed by atoms with Crippen LogP contribution in [0.5, 0.6) is 0 Å². The molecule has 0 unspecified atom stereocenters. The molecule has 30 heavy (non-hydrogen) atoms. The van der Waals surface area contributed by atoms with E-state index in [0.717, 1.165) is 17.8 Å². The molecule has 1 amide bonds. The molecular formula is C24H29N3O3. The van der Waals surface area contributed by atoms with E-state index in [9.17, 15) is 14.7 Å². The van der Waals surface area contributed by atoms with E-state index in [1.165, 1.54) is 12.8 Å². The van der Waals surface area contributed by atoms with Crippen molar-refractivity contribution in [2.24, 2.45) is 17.8 Å². The lowest BCUT2D eigenvalue weighted by Gasteiger charge is -2.30. The van der Waals surface area contributed by atoms with E-state index in [-0.39, 0.29) is 42.0 Å². The fraction of sp³-hybridized carbons (Fsp3) is 0.500. The number of aliphatic hydroxyl groups excluding tert-OH is 1. The summed E-state index contributed by atoms with van der Waals surface area (Å²) in [7, 11) is 0. The zero-order valence-corrected chi connectivity index (χ0v) is 17.3. The van der Waals surface area contributed by atoms with Crippen LogP contribution < -0.4 is 10.9 Å². The van der Waals surface area contributed by atoms with Crippen molar-refractivity contribution in [2.45, 2.75) is 38.4 Å². The average molecular weight is 408 g/mol. The van der Waals surface area contributed by atoms with Gasteiger partial charge >= 0.3 is 0 Å². The summed E-state index contributed by atoms with van der Waals surface area (Å²) in [4.78, 5) is 28.6. The fourth-order valence-corrected chi connectivity index (χ4v) is 5.53. The second kappa shape index (κ2) is 7.67. The number of rotatable bonds is 6. The maximum Gasteiger partial charge on any atom is 0.258 e. The first kappa shape index (κ1) is 19.5. The SMILES string of the molecule is CCNC(=O)[C@H]1[C@H](CO)[C@H]2Cn3c(ccc(-c4ccccc4)c3=O)[C@H]2N1CC1CC1. The van der Waals surface area contributed by atoms with Gasteiger partial charge in [-0.3, -0.25) is 14.5 Å². The molecule has 3 aliphatic rings. The summed E-state index contributed by atoms with van der Waals surface area (Å²) in [5.74, 6) is 0.519. The fourth-order valence-electron chi connectivity index (χ4n) is 5.53. The third-order valence-corrected chi connectivity index (χ3v) is 7.06. The second-order valence-corrected chi connectivity index (χ2v) is 8.89.